The summed E-state index contributed by atoms with van der Waals surface area (Å²) in [7, 11) is 1.57. The molecule has 4 nitrogen and oxygen atoms in total. The number of nitrogen functional groups attached to an aromatic ring is 1. The van der Waals surface area contributed by atoms with Crippen molar-refractivity contribution < 1.29 is 9.53 Å². The van der Waals surface area contributed by atoms with Crippen LogP contribution in [0.2, 0.25) is 10.0 Å². The van der Waals surface area contributed by atoms with Crippen LogP contribution in [-0.2, 0) is 4.74 Å². The van der Waals surface area contributed by atoms with E-state index in [1.165, 1.54) is 12.1 Å². The first-order valence-electron chi connectivity index (χ1n) is 5.00. The van der Waals surface area contributed by atoms with Crippen LogP contribution < -0.4 is 11.1 Å². The van der Waals surface area contributed by atoms with E-state index >= 15 is 0 Å². The van der Waals surface area contributed by atoms with Gasteiger partial charge in [0.05, 0.1) is 22.3 Å². The predicted octanol–water partition coefficient (Wildman–Crippen LogP) is 2.34. The molecule has 1 rings (SSSR count). The van der Waals surface area contributed by atoms with Crippen LogP contribution in [0.1, 0.15) is 17.3 Å². The minimum atomic E-state index is -0.265. The molecule has 6 heteroatoms. The number of carbonyl (C=O) groups excluding carboxylic acids is 1. The Balaban J connectivity index is 2.83. The molecule has 94 valence electrons. The molecule has 0 saturated carbocycles. The van der Waals surface area contributed by atoms with Crippen molar-refractivity contribution in [3.05, 3.63) is 27.7 Å². The maximum Gasteiger partial charge on any atom is 0.251 e. The van der Waals surface area contributed by atoms with Gasteiger partial charge in [-0.05, 0) is 19.1 Å². The van der Waals surface area contributed by atoms with Crippen molar-refractivity contribution in [3.8, 4) is 0 Å². The average Bonchev–Trinajstić information content (AvgIpc) is 2.25. The van der Waals surface area contributed by atoms with E-state index in [2.05, 4.69) is 5.32 Å². The van der Waals surface area contributed by atoms with Gasteiger partial charge in [-0.3, -0.25) is 4.79 Å². The minimum Gasteiger partial charge on any atom is -0.396 e. The van der Waals surface area contributed by atoms with Gasteiger partial charge < -0.3 is 15.8 Å². The highest BCUT2D eigenvalue weighted by Gasteiger charge is 2.13. The van der Waals surface area contributed by atoms with Gasteiger partial charge in [0.1, 0.15) is 0 Å². The van der Waals surface area contributed by atoms with Crippen molar-refractivity contribution in [2.24, 2.45) is 0 Å². The second kappa shape index (κ2) is 6.10. The van der Waals surface area contributed by atoms with Crippen molar-refractivity contribution in [3.63, 3.8) is 0 Å². The highest BCUT2D eigenvalue weighted by molar-refractivity contribution is 6.39. The summed E-state index contributed by atoms with van der Waals surface area (Å²) in [5.74, 6) is -0.265. The number of nitrogens with one attached hydrogen (secondary N) is 1. The molecule has 0 aliphatic heterocycles. The summed E-state index contributed by atoms with van der Waals surface area (Å²) in [4.78, 5) is 11.8. The van der Waals surface area contributed by atoms with Gasteiger partial charge in [-0.15, -0.1) is 0 Å². The lowest BCUT2D eigenvalue weighted by atomic mass is 10.2. The van der Waals surface area contributed by atoms with E-state index in [1.807, 2.05) is 6.92 Å². The number of hydrogen-bond acceptors (Lipinski definition) is 3. The van der Waals surface area contributed by atoms with Crippen LogP contribution in [-0.4, -0.2) is 25.7 Å². The van der Waals surface area contributed by atoms with Crippen LogP contribution in [0.5, 0.6) is 0 Å². The fourth-order valence-electron chi connectivity index (χ4n) is 1.31. The van der Waals surface area contributed by atoms with Crippen molar-refractivity contribution in [2.75, 3.05) is 19.5 Å². The van der Waals surface area contributed by atoms with E-state index in [9.17, 15) is 4.79 Å². The first kappa shape index (κ1) is 14.1. The summed E-state index contributed by atoms with van der Waals surface area (Å²) in [6.45, 7) is 2.27. The van der Waals surface area contributed by atoms with Crippen LogP contribution in [0.3, 0.4) is 0 Å². The lowest BCUT2D eigenvalue weighted by Gasteiger charge is -2.13. The SMILES string of the molecule is COCC(C)NC(=O)c1cc(Cl)c(N)c(Cl)c1. The van der Waals surface area contributed by atoms with E-state index in [1.54, 1.807) is 7.11 Å². The van der Waals surface area contributed by atoms with Gasteiger partial charge in [-0.25, -0.2) is 0 Å². The molecule has 1 aromatic carbocycles. The maximum atomic E-state index is 11.8. The summed E-state index contributed by atoms with van der Waals surface area (Å²) in [6, 6.07) is 2.87. The number of nitrogens with two attached hydrogens (primary N) is 1. The molecule has 0 bridgehead atoms. The smallest absolute Gasteiger partial charge is 0.251 e. The summed E-state index contributed by atoms with van der Waals surface area (Å²) in [6.07, 6.45) is 0. The van der Waals surface area contributed by atoms with Crippen molar-refractivity contribution >= 4 is 34.8 Å². The number of ether oxygens (including phenoxy) is 1. The Hall–Kier alpha value is -0.970. The molecule has 0 saturated heterocycles. The van der Waals surface area contributed by atoms with E-state index in [0.717, 1.165) is 0 Å². The number of benzene rings is 1. The van der Waals surface area contributed by atoms with Gasteiger partial charge >= 0.3 is 0 Å². The molecule has 3 N–H and O–H groups in total. The fourth-order valence-corrected chi connectivity index (χ4v) is 1.80. The Labute approximate surface area is 110 Å². The fraction of sp³-hybridized carbons (Fsp3) is 0.364. The van der Waals surface area contributed by atoms with Crippen LogP contribution in [0.25, 0.3) is 0 Å². The molecular weight excluding hydrogens is 263 g/mol. The van der Waals surface area contributed by atoms with E-state index in [4.69, 9.17) is 33.7 Å². The maximum absolute atomic E-state index is 11.8. The predicted molar refractivity (Wildman–Crippen MR) is 69.7 cm³/mol. The van der Waals surface area contributed by atoms with E-state index in [-0.39, 0.29) is 27.7 Å². The molecule has 0 aliphatic carbocycles. The molecule has 1 aromatic rings. The number of rotatable bonds is 4. The third-order valence-electron chi connectivity index (χ3n) is 2.14. The molecule has 0 aliphatic rings. The van der Waals surface area contributed by atoms with Crippen molar-refractivity contribution in [1.29, 1.82) is 0 Å². The summed E-state index contributed by atoms with van der Waals surface area (Å²) in [5.41, 5.74) is 6.23. The standard InChI is InChI=1S/C11H14Cl2N2O2/c1-6(5-17-2)15-11(16)7-3-8(12)10(14)9(13)4-7/h3-4,6H,5,14H2,1-2H3,(H,15,16). The first-order chi connectivity index (χ1) is 7.95. The Morgan fingerprint density at radius 1 is 1.47 bits per heavy atom. The summed E-state index contributed by atoms with van der Waals surface area (Å²) in [5, 5.41) is 3.28. The first-order valence-corrected chi connectivity index (χ1v) is 5.75. The van der Waals surface area contributed by atoms with Gasteiger partial charge in [-0.2, -0.15) is 0 Å². The summed E-state index contributed by atoms with van der Waals surface area (Å²) >= 11 is 11.7. The number of anilines is 1. The molecule has 1 amide bonds. The Morgan fingerprint density at radius 3 is 2.47 bits per heavy atom. The third-order valence-corrected chi connectivity index (χ3v) is 2.76. The Kier molecular flexibility index (Phi) is 5.05. The topological polar surface area (TPSA) is 64.3 Å². The monoisotopic (exact) mass is 276 g/mol. The van der Waals surface area contributed by atoms with E-state index < -0.39 is 0 Å². The molecular formula is C11H14Cl2N2O2. The third kappa shape index (κ3) is 3.77. The zero-order valence-electron chi connectivity index (χ0n) is 9.59. The molecule has 0 aromatic heterocycles. The number of amides is 1. The second-order valence-electron chi connectivity index (χ2n) is 3.68. The van der Waals surface area contributed by atoms with Gasteiger partial charge in [0.25, 0.3) is 5.91 Å². The highest BCUT2D eigenvalue weighted by Crippen LogP contribution is 2.28. The molecule has 1 atom stereocenters. The average molecular weight is 277 g/mol. The zero-order valence-corrected chi connectivity index (χ0v) is 11.1. The quantitative estimate of drug-likeness (QED) is 0.830. The van der Waals surface area contributed by atoms with Crippen LogP contribution in [0.15, 0.2) is 12.1 Å². The van der Waals surface area contributed by atoms with Crippen LogP contribution >= 0.6 is 23.2 Å². The number of hydrogen-bond donors (Lipinski definition) is 2. The summed E-state index contributed by atoms with van der Waals surface area (Å²) < 4.78 is 4.92. The molecule has 17 heavy (non-hydrogen) atoms. The zero-order chi connectivity index (χ0) is 13.0. The number of carbonyl (C=O) groups is 1. The lowest BCUT2D eigenvalue weighted by molar-refractivity contribution is 0.0905. The molecule has 0 radical (unpaired) electrons. The Morgan fingerprint density at radius 2 is 2.00 bits per heavy atom. The van der Waals surface area contributed by atoms with Crippen molar-refractivity contribution in [2.45, 2.75) is 13.0 Å². The largest absolute Gasteiger partial charge is 0.396 e. The van der Waals surface area contributed by atoms with Crippen LogP contribution in [0.4, 0.5) is 5.69 Å². The number of halogens is 2. The number of methoxy groups -OCH3 is 1. The minimum absolute atomic E-state index is 0.0948. The highest BCUT2D eigenvalue weighted by atomic mass is 35.5. The van der Waals surface area contributed by atoms with Gasteiger partial charge in [-0.1, -0.05) is 23.2 Å². The molecule has 1 unspecified atom stereocenters. The van der Waals surface area contributed by atoms with Crippen molar-refractivity contribution in [1.82, 2.24) is 5.32 Å². The molecule has 0 heterocycles. The van der Waals surface area contributed by atoms with Gasteiger partial charge in [0.2, 0.25) is 0 Å². The lowest BCUT2D eigenvalue weighted by Crippen LogP contribution is -2.35. The molecule has 0 spiro atoms. The van der Waals surface area contributed by atoms with Gasteiger partial charge in [0.15, 0.2) is 0 Å². The van der Waals surface area contributed by atoms with Gasteiger partial charge in [0, 0.05) is 18.7 Å². The van der Waals surface area contributed by atoms with E-state index in [0.29, 0.717) is 12.2 Å². The second-order valence-corrected chi connectivity index (χ2v) is 4.50. The van der Waals surface area contributed by atoms with Crippen LogP contribution in [0, 0.1) is 0 Å². The normalized spacial score (nSPS) is 12.2. The molecule has 0 fully saturated rings. The Bertz CT molecular complexity index is 401.